The van der Waals surface area contributed by atoms with Crippen molar-refractivity contribution in [3.8, 4) is 0 Å². The van der Waals surface area contributed by atoms with Crippen molar-refractivity contribution in [2.75, 3.05) is 16.2 Å². The zero-order valence-corrected chi connectivity index (χ0v) is 14.9. The fourth-order valence-corrected chi connectivity index (χ4v) is 4.78. The van der Waals surface area contributed by atoms with E-state index < -0.39 is 10.0 Å². The van der Waals surface area contributed by atoms with Gasteiger partial charge in [-0.3, -0.25) is 9.52 Å². The second-order valence-corrected chi connectivity index (χ2v) is 8.25. The van der Waals surface area contributed by atoms with E-state index in [-0.39, 0.29) is 17.2 Å². The molecule has 6 heteroatoms. The largest absolute Gasteiger partial charge is 0.312 e. The van der Waals surface area contributed by atoms with E-state index in [4.69, 9.17) is 0 Å². The molecular weight excluding hydrogens is 336 g/mol. The predicted molar refractivity (Wildman–Crippen MR) is 97.4 cm³/mol. The number of nitrogens with zero attached hydrogens (tertiary/aromatic N) is 1. The van der Waals surface area contributed by atoms with Crippen LogP contribution in [-0.4, -0.2) is 20.9 Å². The number of benzene rings is 2. The van der Waals surface area contributed by atoms with E-state index in [9.17, 15) is 13.2 Å². The van der Waals surface area contributed by atoms with Crippen LogP contribution in [0.1, 0.15) is 30.0 Å². The van der Waals surface area contributed by atoms with Crippen molar-refractivity contribution in [3.05, 3.63) is 53.1 Å². The van der Waals surface area contributed by atoms with Crippen LogP contribution in [0.5, 0.6) is 0 Å². The number of hydrogen-bond acceptors (Lipinski definition) is 3. The van der Waals surface area contributed by atoms with Gasteiger partial charge in [-0.25, -0.2) is 8.42 Å². The maximum absolute atomic E-state index is 12.8. The highest BCUT2D eigenvalue weighted by Gasteiger charge is 2.33. The van der Waals surface area contributed by atoms with Crippen molar-refractivity contribution in [2.45, 2.75) is 37.5 Å². The Bertz CT molecular complexity index is 949. The minimum Gasteiger partial charge on any atom is -0.312 e. The van der Waals surface area contributed by atoms with Crippen LogP contribution in [0.4, 0.5) is 11.4 Å². The third-order valence-corrected chi connectivity index (χ3v) is 6.27. The Balaban J connectivity index is 1.69. The van der Waals surface area contributed by atoms with Gasteiger partial charge >= 0.3 is 0 Å². The summed E-state index contributed by atoms with van der Waals surface area (Å²) < 4.78 is 28.2. The Kier molecular flexibility index (Phi) is 3.80. The van der Waals surface area contributed by atoms with Gasteiger partial charge in [0.05, 0.1) is 17.0 Å². The minimum absolute atomic E-state index is 0.0635. The molecule has 0 aromatic heterocycles. The first kappa shape index (κ1) is 16.1. The molecule has 2 aromatic rings. The van der Waals surface area contributed by atoms with Crippen molar-refractivity contribution in [1.82, 2.24) is 0 Å². The number of hydrogen-bond donors (Lipinski definition) is 1. The van der Waals surface area contributed by atoms with Crippen molar-refractivity contribution >= 4 is 27.3 Å². The molecular formula is C19H20N2O3S. The number of nitrogens with one attached hydrogen (secondary N) is 1. The Morgan fingerprint density at radius 2 is 1.84 bits per heavy atom. The number of carbonyl (C=O) groups is 1. The summed E-state index contributed by atoms with van der Waals surface area (Å²) in [6.45, 7) is 2.78. The monoisotopic (exact) mass is 356 g/mol. The van der Waals surface area contributed by atoms with E-state index >= 15 is 0 Å². The quantitative estimate of drug-likeness (QED) is 0.916. The van der Waals surface area contributed by atoms with Crippen molar-refractivity contribution in [3.63, 3.8) is 0 Å². The first-order chi connectivity index (χ1) is 12.0. The molecule has 0 spiro atoms. The summed E-state index contributed by atoms with van der Waals surface area (Å²) in [5, 5.41) is 0. The standard InChI is InChI=1S/C19H20N2O3S/c1-2-13-5-7-16(8-6-13)20-25(23,24)17-10-14-4-3-9-21-18(22)12-15(11-17)19(14)21/h5-8,10-11,20H,2-4,9,12H2,1H3. The maximum atomic E-state index is 12.8. The van der Waals surface area contributed by atoms with Crippen LogP contribution < -0.4 is 9.62 Å². The van der Waals surface area contributed by atoms with Crippen LogP contribution in [-0.2, 0) is 34.1 Å². The molecule has 25 heavy (non-hydrogen) atoms. The molecule has 2 aliphatic rings. The molecule has 1 amide bonds. The lowest BCUT2D eigenvalue weighted by molar-refractivity contribution is -0.117. The normalized spacial score (nSPS) is 16.0. The summed E-state index contributed by atoms with van der Waals surface area (Å²) in [6, 6.07) is 10.7. The first-order valence-corrected chi connectivity index (χ1v) is 10.0. The highest BCUT2D eigenvalue weighted by Crippen LogP contribution is 2.38. The summed E-state index contributed by atoms with van der Waals surface area (Å²) >= 11 is 0. The Morgan fingerprint density at radius 3 is 2.56 bits per heavy atom. The average Bonchev–Trinajstić information content (AvgIpc) is 2.93. The van der Waals surface area contributed by atoms with Crippen molar-refractivity contribution in [1.29, 1.82) is 0 Å². The fourth-order valence-electron chi connectivity index (χ4n) is 3.62. The van der Waals surface area contributed by atoms with E-state index in [1.54, 1.807) is 29.2 Å². The molecule has 2 aliphatic heterocycles. The van der Waals surface area contributed by atoms with Gasteiger partial charge < -0.3 is 4.90 Å². The zero-order chi connectivity index (χ0) is 17.6. The van der Waals surface area contributed by atoms with Gasteiger partial charge in [0, 0.05) is 12.2 Å². The molecule has 2 heterocycles. The van der Waals surface area contributed by atoms with Gasteiger partial charge in [0.15, 0.2) is 0 Å². The van der Waals surface area contributed by atoms with Gasteiger partial charge in [-0.2, -0.15) is 0 Å². The second kappa shape index (κ2) is 5.88. The highest BCUT2D eigenvalue weighted by molar-refractivity contribution is 7.92. The van der Waals surface area contributed by atoms with Gasteiger partial charge in [-0.1, -0.05) is 19.1 Å². The lowest BCUT2D eigenvalue weighted by Gasteiger charge is -2.26. The van der Waals surface area contributed by atoms with E-state index in [1.165, 1.54) is 0 Å². The van der Waals surface area contributed by atoms with E-state index in [2.05, 4.69) is 11.6 Å². The number of rotatable bonds is 4. The molecule has 1 N–H and O–H groups in total. The van der Waals surface area contributed by atoms with Crippen molar-refractivity contribution in [2.24, 2.45) is 0 Å². The Morgan fingerprint density at radius 1 is 1.12 bits per heavy atom. The molecule has 0 aliphatic carbocycles. The van der Waals surface area contributed by atoms with Crippen LogP contribution in [0.15, 0.2) is 41.3 Å². The molecule has 130 valence electrons. The lowest BCUT2D eigenvalue weighted by atomic mass is 10.0. The van der Waals surface area contributed by atoms with Gasteiger partial charge in [-0.05, 0) is 60.2 Å². The van der Waals surface area contributed by atoms with Gasteiger partial charge in [0.2, 0.25) is 5.91 Å². The maximum Gasteiger partial charge on any atom is 0.261 e. The lowest BCUT2D eigenvalue weighted by Crippen LogP contribution is -2.31. The smallest absolute Gasteiger partial charge is 0.261 e. The van der Waals surface area contributed by atoms with E-state index in [0.717, 1.165) is 48.2 Å². The molecule has 0 saturated carbocycles. The van der Waals surface area contributed by atoms with E-state index in [0.29, 0.717) is 5.69 Å². The van der Waals surface area contributed by atoms with Crippen LogP contribution in [0.3, 0.4) is 0 Å². The summed E-state index contributed by atoms with van der Waals surface area (Å²) in [4.78, 5) is 14.1. The Labute approximate surface area is 147 Å². The zero-order valence-electron chi connectivity index (χ0n) is 14.1. The number of amides is 1. The first-order valence-electron chi connectivity index (χ1n) is 8.56. The van der Waals surface area contributed by atoms with Gasteiger partial charge in [0.1, 0.15) is 0 Å². The molecule has 2 aromatic carbocycles. The van der Waals surface area contributed by atoms with Crippen LogP contribution in [0, 0.1) is 0 Å². The molecule has 0 radical (unpaired) electrons. The third kappa shape index (κ3) is 2.80. The second-order valence-electron chi connectivity index (χ2n) is 6.57. The average molecular weight is 356 g/mol. The van der Waals surface area contributed by atoms with Crippen LogP contribution >= 0.6 is 0 Å². The van der Waals surface area contributed by atoms with Crippen LogP contribution in [0.2, 0.25) is 0 Å². The Hall–Kier alpha value is -2.34. The minimum atomic E-state index is -3.68. The molecule has 4 rings (SSSR count). The summed E-state index contributed by atoms with van der Waals surface area (Å²) in [5.74, 6) is 0.0635. The van der Waals surface area contributed by atoms with Gasteiger partial charge in [0.25, 0.3) is 10.0 Å². The summed E-state index contributed by atoms with van der Waals surface area (Å²) in [7, 11) is -3.68. The topological polar surface area (TPSA) is 66.5 Å². The predicted octanol–water partition coefficient (Wildman–Crippen LogP) is 2.89. The summed E-state index contributed by atoms with van der Waals surface area (Å²) in [6.07, 6.45) is 2.87. The molecule has 0 bridgehead atoms. The molecule has 0 unspecified atom stereocenters. The molecule has 0 saturated heterocycles. The van der Waals surface area contributed by atoms with Crippen molar-refractivity contribution < 1.29 is 13.2 Å². The third-order valence-electron chi connectivity index (χ3n) is 4.91. The SMILES string of the molecule is CCc1ccc(NS(=O)(=O)c2cc3c4c(c2)CC(=O)N4CCC3)cc1. The van der Waals surface area contributed by atoms with Crippen LogP contribution in [0.25, 0.3) is 0 Å². The summed E-state index contributed by atoms with van der Waals surface area (Å²) in [5.41, 5.74) is 4.41. The molecule has 5 nitrogen and oxygen atoms in total. The molecule has 0 fully saturated rings. The number of sulfonamides is 1. The van der Waals surface area contributed by atoms with E-state index in [1.807, 2.05) is 12.1 Å². The number of carbonyl (C=O) groups excluding carboxylic acids is 1. The number of anilines is 2. The highest BCUT2D eigenvalue weighted by atomic mass is 32.2. The molecule has 0 atom stereocenters. The number of aryl methyl sites for hydroxylation is 2. The van der Waals surface area contributed by atoms with Gasteiger partial charge in [-0.15, -0.1) is 0 Å². The fraction of sp³-hybridized carbons (Fsp3) is 0.316.